The molecule has 0 aliphatic carbocycles. The second-order valence-corrected chi connectivity index (χ2v) is 9.10. The molecule has 1 aliphatic rings. The zero-order chi connectivity index (χ0) is 25.4. The normalized spacial score (nSPS) is 12.6. The molecule has 8 nitrogen and oxygen atoms in total. The van der Waals surface area contributed by atoms with Crippen LogP contribution in [-0.2, 0) is 13.1 Å². The number of nitrogens with one attached hydrogen (secondary N) is 1. The first-order valence-corrected chi connectivity index (χ1v) is 11.8. The molecule has 0 saturated heterocycles. The van der Waals surface area contributed by atoms with Crippen LogP contribution in [0.5, 0.6) is 17.2 Å². The Labute approximate surface area is 209 Å². The van der Waals surface area contributed by atoms with Gasteiger partial charge in [0.15, 0.2) is 0 Å². The van der Waals surface area contributed by atoms with Gasteiger partial charge in [0.1, 0.15) is 28.6 Å². The fraction of sp³-hybridized carbons (Fsp3) is 0.214. The van der Waals surface area contributed by atoms with E-state index >= 15 is 0 Å². The van der Waals surface area contributed by atoms with Gasteiger partial charge < -0.3 is 25.2 Å². The maximum Gasteiger partial charge on any atom is 0.260 e. The van der Waals surface area contributed by atoms with E-state index in [2.05, 4.69) is 5.32 Å². The number of anilines is 2. The van der Waals surface area contributed by atoms with Crippen molar-refractivity contribution in [2.75, 3.05) is 12.4 Å². The van der Waals surface area contributed by atoms with E-state index in [-0.39, 0.29) is 29.0 Å². The lowest BCUT2D eigenvalue weighted by atomic mass is 10.1. The zero-order valence-corrected chi connectivity index (χ0v) is 20.4. The molecule has 0 bridgehead atoms. The Morgan fingerprint density at radius 1 is 1.00 bits per heavy atom. The third kappa shape index (κ3) is 4.22. The van der Waals surface area contributed by atoms with E-state index in [9.17, 15) is 15.0 Å². The summed E-state index contributed by atoms with van der Waals surface area (Å²) in [6.07, 6.45) is 0. The Hall–Kier alpha value is -4.46. The number of aromatic nitrogens is 2. The van der Waals surface area contributed by atoms with Gasteiger partial charge in [-0.1, -0.05) is 36.4 Å². The predicted molar refractivity (Wildman–Crippen MR) is 138 cm³/mol. The molecule has 8 heteroatoms. The highest BCUT2D eigenvalue weighted by Gasteiger charge is 2.29. The number of rotatable bonds is 6. The van der Waals surface area contributed by atoms with Crippen LogP contribution < -0.4 is 10.1 Å². The van der Waals surface area contributed by atoms with Gasteiger partial charge in [-0.25, -0.2) is 4.68 Å². The summed E-state index contributed by atoms with van der Waals surface area (Å²) >= 11 is 0. The number of phenolic OH excluding ortho intramolecular Hbond substituents is 2. The molecule has 1 aliphatic heterocycles. The lowest BCUT2D eigenvalue weighted by molar-refractivity contribution is 0.0749. The van der Waals surface area contributed by atoms with Crippen LogP contribution in [0.4, 0.5) is 11.5 Å². The van der Waals surface area contributed by atoms with Crippen molar-refractivity contribution in [2.24, 2.45) is 0 Å². The Morgan fingerprint density at radius 2 is 1.67 bits per heavy atom. The third-order valence-electron chi connectivity index (χ3n) is 6.31. The number of hydrogen-bond acceptors (Lipinski definition) is 6. The Bertz CT molecular complexity index is 1420. The molecule has 2 heterocycles. The van der Waals surface area contributed by atoms with Crippen LogP contribution in [0.3, 0.4) is 0 Å². The van der Waals surface area contributed by atoms with Crippen LogP contribution in [0.25, 0.3) is 11.3 Å². The molecule has 0 spiro atoms. The second kappa shape index (κ2) is 9.30. The number of aromatic hydroxyl groups is 2. The molecule has 3 N–H and O–H groups in total. The number of para-hydroxylation sites is 1. The lowest BCUT2D eigenvalue weighted by Gasteiger charge is -2.20. The number of phenols is 2. The minimum Gasteiger partial charge on any atom is -0.508 e. The molecule has 36 heavy (non-hydrogen) atoms. The molecule has 184 valence electrons. The Kier molecular flexibility index (Phi) is 6.01. The monoisotopic (exact) mass is 484 g/mol. The molecule has 3 aromatic carbocycles. The first-order valence-electron chi connectivity index (χ1n) is 11.8. The SMILES string of the molecule is COc1ccccc1-c1cc(Nc2cc(O)cc(O)c2C(=O)N2Cc3ccccc3C2)n(C(C)C)n1. The summed E-state index contributed by atoms with van der Waals surface area (Å²) < 4.78 is 7.30. The number of carbonyl (C=O) groups is 1. The van der Waals surface area contributed by atoms with Crippen molar-refractivity contribution in [1.82, 2.24) is 14.7 Å². The van der Waals surface area contributed by atoms with Crippen molar-refractivity contribution >= 4 is 17.4 Å². The quantitative estimate of drug-likeness (QED) is 0.337. The van der Waals surface area contributed by atoms with Crippen molar-refractivity contribution < 1.29 is 19.7 Å². The zero-order valence-electron chi connectivity index (χ0n) is 20.4. The summed E-state index contributed by atoms with van der Waals surface area (Å²) in [6, 6.07) is 20.0. The molecular weight excluding hydrogens is 456 g/mol. The van der Waals surface area contributed by atoms with Crippen molar-refractivity contribution in [3.63, 3.8) is 0 Å². The molecule has 0 atom stereocenters. The van der Waals surface area contributed by atoms with Gasteiger partial charge in [0.25, 0.3) is 5.91 Å². The van der Waals surface area contributed by atoms with Gasteiger partial charge in [-0.3, -0.25) is 4.79 Å². The van der Waals surface area contributed by atoms with Gasteiger partial charge in [-0.05, 0) is 37.1 Å². The summed E-state index contributed by atoms with van der Waals surface area (Å²) in [5.74, 6) is 0.522. The highest BCUT2D eigenvalue weighted by Crippen LogP contribution is 2.38. The predicted octanol–water partition coefficient (Wildman–Crippen LogP) is 5.45. The van der Waals surface area contributed by atoms with E-state index in [1.807, 2.05) is 68.4 Å². The molecule has 5 rings (SSSR count). The van der Waals surface area contributed by atoms with Crippen molar-refractivity contribution in [2.45, 2.75) is 33.0 Å². The lowest BCUT2D eigenvalue weighted by Crippen LogP contribution is -2.26. The van der Waals surface area contributed by atoms with Gasteiger partial charge in [-0.2, -0.15) is 5.10 Å². The van der Waals surface area contributed by atoms with Crippen LogP contribution in [0.1, 0.15) is 41.4 Å². The van der Waals surface area contributed by atoms with Crippen LogP contribution in [-0.4, -0.2) is 37.9 Å². The fourth-order valence-electron chi connectivity index (χ4n) is 4.58. The van der Waals surface area contributed by atoms with E-state index in [1.165, 1.54) is 12.1 Å². The molecule has 4 aromatic rings. The van der Waals surface area contributed by atoms with Crippen molar-refractivity contribution in [3.05, 3.63) is 83.4 Å². The first-order chi connectivity index (χ1) is 17.4. The van der Waals surface area contributed by atoms with Crippen molar-refractivity contribution in [3.8, 4) is 28.5 Å². The van der Waals surface area contributed by atoms with E-state index in [0.717, 1.165) is 16.7 Å². The molecule has 0 radical (unpaired) electrons. The van der Waals surface area contributed by atoms with E-state index in [0.29, 0.717) is 36.0 Å². The number of nitrogens with zero attached hydrogens (tertiary/aromatic N) is 3. The number of amides is 1. The van der Waals surface area contributed by atoms with Gasteiger partial charge in [0, 0.05) is 42.9 Å². The molecular formula is C28H28N4O4. The molecule has 0 fully saturated rings. The summed E-state index contributed by atoms with van der Waals surface area (Å²) in [5, 5.41) is 29.0. The smallest absolute Gasteiger partial charge is 0.260 e. The van der Waals surface area contributed by atoms with Gasteiger partial charge in [0.2, 0.25) is 0 Å². The van der Waals surface area contributed by atoms with Crippen LogP contribution in [0.15, 0.2) is 66.7 Å². The maximum absolute atomic E-state index is 13.6. The topological polar surface area (TPSA) is 99.8 Å². The molecule has 0 unspecified atom stereocenters. The number of fused-ring (bicyclic) bond motifs is 1. The highest BCUT2D eigenvalue weighted by molar-refractivity contribution is 6.03. The van der Waals surface area contributed by atoms with E-state index in [1.54, 1.807) is 16.7 Å². The summed E-state index contributed by atoms with van der Waals surface area (Å²) in [4.78, 5) is 15.3. The van der Waals surface area contributed by atoms with Gasteiger partial charge in [-0.15, -0.1) is 0 Å². The van der Waals surface area contributed by atoms with Crippen LogP contribution in [0, 0.1) is 0 Å². The van der Waals surface area contributed by atoms with Gasteiger partial charge in [0.05, 0.1) is 18.5 Å². The number of carbonyl (C=O) groups excluding carboxylic acids is 1. The van der Waals surface area contributed by atoms with E-state index < -0.39 is 0 Å². The highest BCUT2D eigenvalue weighted by atomic mass is 16.5. The summed E-state index contributed by atoms with van der Waals surface area (Å²) in [7, 11) is 1.61. The minimum atomic E-state index is -0.327. The van der Waals surface area contributed by atoms with Crippen LogP contribution >= 0.6 is 0 Å². The summed E-state index contributed by atoms with van der Waals surface area (Å²) in [5.41, 5.74) is 4.07. The standard InChI is InChI=1S/C28H28N4O4/c1-17(2)32-26(14-22(30-32)21-10-6-7-11-25(21)36-3)29-23-12-20(33)13-24(34)27(23)28(35)31-15-18-8-4-5-9-19(18)16-31/h4-14,17,29,33-34H,15-16H2,1-3H3. The number of hydrogen-bond donors (Lipinski definition) is 3. The second-order valence-electron chi connectivity index (χ2n) is 9.10. The van der Waals surface area contributed by atoms with Crippen molar-refractivity contribution in [1.29, 1.82) is 0 Å². The molecule has 0 saturated carbocycles. The average molecular weight is 485 g/mol. The number of methoxy groups -OCH3 is 1. The summed E-state index contributed by atoms with van der Waals surface area (Å²) in [6.45, 7) is 4.91. The van der Waals surface area contributed by atoms with Crippen LogP contribution in [0.2, 0.25) is 0 Å². The first kappa shape index (κ1) is 23.3. The Balaban J connectivity index is 1.53. The third-order valence-corrected chi connectivity index (χ3v) is 6.31. The van der Waals surface area contributed by atoms with Gasteiger partial charge >= 0.3 is 0 Å². The largest absolute Gasteiger partial charge is 0.508 e. The number of benzene rings is 3. The maximum atomic E-state index is 13.6. The average Bonchev–Trinajstić information content (AvgIpc) is 3.48. The fourth-order valence-corrected chi connectivity index (χ4v) is 4.58. The minimum absolute atomic E-state index is 0.00547. The Morgan fingerprint density at radius 3 is 2.33 bits per heavy atom. The molecule has 1 aromatic heterocycles. The molecule has 1 amide bonds. The number of ether oxygens (including phenoxy) is 1. The van der Waals surface area contributed by atoms with E-state index in [4.69, 9.17) is 9.84 Å².